The molecule has 6 nitrogen and oxygen atoms in total. The standard InChI is InChI=1S/C22H23N3O3/c23-10-3-11-25-16-5-2-1-4-15(16)17-19-18(21(27)24-22(19)28)13-8-6-12(26)7-9-14(13)20(17)25/h1-2,4-5,12,26H,3,6-11,23H2,(H,24,27,28). The van der Waals surface area contributed by atoms with Crippen LogP contribution in [0.2, 0.25) is 0 Å². The molecule has 0 spiro atoms. The first-order chi connectivity index (χ1) is 13.6. The molecule has 1 aromatic heterocycles. The molecule has 3 aromatic rings. The molecule has 1 unspecified atom stereocenters. The number of para-hydroxylation sites is 1. The molecule has 1 aliphatic heterocycles. The number of fused-ring (bicyclic) bond motifs is 8. The second-order valence-electron chi connectivity index (χ2n) is 7.76. The van der Waals surface area contributed by atoms with Gasteiger partial charge in [0.25, 0.3) is 11.8 Å². The Morgan fingerprint density at radius 3 is 2.57 bits per heavy atom. The van der Waals surface area contributed by atoms with E-state index in [-0.39, 0.29) is 17.9 Å². The monoisotopic (exact) mass is 377 g/mol. The third-order valence-corrected chi connectivity index (χ3v) is 6.14. The number of aryl methyl sites for hydroxylation is 2. The number of carbonyl (C=O) groups excluding carboxylic acids is 2. The molecule has 0 fully saturated rings. The molecule has 6 heteroatoms. The van der Waals surface area contributed by atoms with E-state index in [1.807, 2.05) is 18.2 Å². The van der Waals surface area contributed by atoms with Gasteiger partial charge in [-0.1, -0.05) is 18.2 Å². The average Bonchev–Trinajstić information content (AvgIpc) is 3.08. The van der Waals surface area contributed by atoms with E-state index in [0.717, 1.165) is 45.9 Å². The van der Waals surface area contributed by atoms with E-state index in [1.54, 1.807) is 0 Å². The van der Waals surface area contributed by atoms with E-state index in [9.17, 15) is 14.7 Å². The van der Waals surface area contributed by atoms with E-state index >= 15 is 0 Å². The van der Waals surface area contributed by atoms with Crippen molar-refractivity contribution < 1.29 is 14.7 Å². The normalized spacial score (nSPS) is 19.0. The van der Waals surface area contributed by atoms with E-state index < -0.39 is 0 Å². The number of nitrogens with two attached hydrogens (primary N) is 1. The lowest BCUT2D eigenvalue weighted by molar-refractivity contribution is 0.0879. The summed E-state index contributed by atoms with van der Waals surface area (Å²) in [4.78, 5) is 25.5. The number of aliphatic hydroxyl groups is 1. The van der Waals surface area contributed by atoms with Gasteiger partial charge in [0.1, 0.15) is 0 Å². The van der Waals surface area contributed by atoms with Crippen molar-refractivity contribution in [2.24, 2.45) is 5.73 Å². The Labute approximate surface area is 162 Å². The number of hydrogen-bond acceptors (Lipinski definition) is 4. The van der Waals surface area contributed by atoms with E-state index in [4.69, 9.17) is 5.73 Å². The third kappa shape index (κ3) is 2.34. The van der Waals surface area contributed by atoms with E-state index in [0.29, 0.717) is 43.4 Å². The topological polar surface area (TPSA) is 97.3 Å². The molecule has 1 atom stereocenters. The SMILES string of the molecule is NCCCn1c2ccccc2c2c3c(c4c(c21)CCC(O)CC4)C(=O)NC3=O. The van der Waals surface area contributed by atoms with E-state index in [1.165, 1.54) is 0 Å². The highest BCUT2D eigenvalue weighted by atomic mass is 16.3. The van der Waals surface area contributed by atoms with Crippen LogP contribution in [0.25, 0.3) is 21.8 Å². The number of nitrogens with one attached hydrogen (secondary N) is 1. The Kier molecular flexibility index (Phi) is 4.00. The van der Waals surface area contributed by atoms with Crippen molar-refractivity contribution in [1.29, 1.82) is 0 Å². The fraction of sp³-hybridized carbons (Fsp3) is 0.364. The molecule has 5 rings (SSSR count). The predicted octanol–water partition coefficient (Wildman–Crippen LogP) is 2.27. The van der Waals surface area contributed by atoms with Gasteiger partial charge in [0.05, 0.1) is 22.7 Å². The fourth-order valence-corrected chi connectivity index (χ4v) is 4.94. The summed E-state index contributed by atoms with van der Waals surface area (Å²) in [6, 6.07) is 8.04. The zero-order valence-corrected chi connectivity index (χ0v) is 15.6. The Bertz CT molecular complexity index is 1150. The van der Waals surface area contributed by atoms with Gasteiger partial charge in [0.15, 0.2) is 0 Å². The summed E-state index contributed by atoms with van der Waals surface area (Å²) >= 11 is 0. The molecule has 2 heterocycles. The minimum absolute atomic E-state index is 0.312. The number of rotatable bonds is 3. The maximum absolute atomic E-state index is 12.8. The second-order valence-corrected chi connectivity index (χ2v) is 7.76. The number of aliphatic hydroxyl groups excluding tert-OH is 1. The molecule has 144 valence electrons. The van der Waals surface area contributed by atoms with Crippen LogP contribution in [0.4, 0.5) is 0 Å². The van der Waals surface area contributed by atoms with Crippen LogP contribution in [0.3, 0.4) is 0 Å². The Hall–Kier alpha value is -2.70. The number of carbonyl (C=O) groups is 2. The van der Waals surface area contributed by atoms with Crippen molar-refractivity contribution in [2.45, 2.75) is 44.8 Å². The van der Waals surface area contributed by atoms with Crippen molar-refractivity contribution in [2.75, 3.05) is 6.54 Å². The second kappa shape index (κ2) is 6.43. The Balaban J connectivity index is 1.97. The molecule has 0 bridgehead atoms. The lowest BCUT2D eigenvalue weighted by atomic mass is 9.89. The summed E-state index contributed by atoms with van der Waals surface area (Å²) in [6.07, 6.45) is 3.01. The summed E-state index contributed by atoms with van der Waals surface area (Å²) in [7, 11) is 0. The van der Waals surface area contributed by atoms with Crippen molar-refractivity contribution in [3.8, 4) is 0 Å². The molecule has 4 N–H and O–H groups in total. The van der Waals surface area contributed by atoms with Crippen LogP contribution in [-0.2, 0) is 19.4 Å². The van der Waals surface area contributed by atoms with Gasteiger partial charge in [-0.05, 0) is 55.8 Å². The quantitative estimate of drug-likeness (QED) is 0.482. The predicted molar refractivity (Wildman–Crippen MR) is 108 cm³/mol. The molecular formula is C22H23N3O3. The number of amides is 2. The fourth-order valence-electron chi connectivity index (χ4n) is 4.94. The maximum atomic E-state index is 12.8. The highest BCUT2D eigenvalue weighted by Gasteiger charge is 2.37. The van der Waals surface area contributed by atoms with Crippen LogP contribution in [0.15, 0.2) is 24.3 Å². The molecular weight excluding hydrogens is 354 g/mol. The van der Waals surface area contributed by atoms with Crippen LogP contribution in [0.1, 0.15) is 51.1 Å². The first-order valence-electron chi connectivity index (χ1n) is 9.94. The number of imide groups is 1. The van der Waals surface area contributed by atoms with Gasteiger partial charge in [-0.15, -0.1) is 0 Å². The van der Waals surface area contributed by atoms with Crippen molar-refractivity contribution >= 4 is 33.6 Å². The zero-order valence-electron chi connectivity index (χ0n) is 15.6. The van der Waals surface area contributed by atoms with Crippen LogP contribution in [0, 0.1) is 0 Å². The van der Waals surface area contributed by atoms with Gasteiger partial charge in [0.2, 0.25) is 0 Å². The number of nitrogens with zero attached hydrogens (tertiary/aromatic N) is 1. The molecule has 2 aromatic carbocycles. The van der Waals surface area contributed by atoms with E-state index in [2.05, 4.69) is 16.0 Å². The van der Waals surface area contributed by atoms with Crippen LogP contribution in [0.5, 0.6) is 0 Å². The molecule has 28 heavy (non-hydrogen) atoms. The summed E-state index contributed by atoms with van der Waals surface area (Å²) in [5, 5.41) is 14.6. The summed E-state index contributed by atoms with van der Waals surface area (Å²) < 4.78 is 2.25. The molecule has 1 aliphatic carbocycles. The highest BCUT2D eigenvalue weighted by Crippen LogP contribution is 2.42. The van der Waals surface area contributed by atoms with Gasteiger partial charge in [-0.2, -0.15) is 0 Å². The Morgan fingerprint density at radius 1 is 1.07 bits per heavy atom. The lowest BCUT2D eigenvalue weighted by Gasteiger charge is -2.15. The van der Waals surface area contributed by atoms with Crippen LogP contribution in [-0.4, -0.2) is 34.1 Å². The highest BCUT2D eigenvalue weighted by molar-refractivity contribution is 6.31. The minimum Gasteiger partial charge on any atom is -0.393 e. The first-order valence-corrected chi connectivity index (χ1v) is 9.94. The third-order valence-electron chi connectivity index (χ3n) is 6.14. The van der Waals surface area contributed by atoms with Crippen molar-refractivity contribution in [3.63, 3.8) is 0 Å². The largest absolute Gasteiger partial charge is 0.393 e. The first kappa shape index (κ1) is 17.4. The summed E-state index contributed by atoms with van der Waals surface area (Å²) in [6.45, 7) is 1.34. The minimum atomic E-state index is -0.389. The number of aromatic nitrogens is 1. The number of benzene rings is 2. The molecule has 2 amide bonds. The smallest absolute Gasteiger partial charge is 0.259 e. The van der Waals surface area contributed by atoms with Crippen LogP contribution < -0.4 is 11.1 Å². The molecule has 0 saturated carbocycles. The van der Waals surface area contributed by atoms with Crippen molar-refractivity contribution in [1.82, 2.24) is 9.88 Å². The van der Waals surface area contributed by atoms with Crippen molar-refractivity contribution in [3.05, 3.63) is 46.5 Å². The molecule has 0 saturated heterocycles. The van der Waals surface area contributed by atoms with Gasteiger partial charge in [0, 0.05) is 22.8 Å². The zero-order chi connectivity index (χ0) is 19.4. The Morgan fingerprint density at radius 2 is 1.79 bits per heavy atom. The average molecular weight is 377 g/mol. The number of hydrogen-bond donors (Lipinski definition) is 3. The molecule has 2 aliphatic rings. The summed E-state index contributed by atoms with van der Waals surface area (Å²) in [5.74, 6) is -0.632. The summed E-state index contributed by atoms with van der Waals surface area (Å²) in [5.41, 5.74) is 10.9. The lowest BCUT2D eigenvalue weighted by Crippen LogP contribution is -2.20. The van der Waals surface area contributed by atoms with Gasteiger partial charge in [-0.3, -0.25) is 14.9 Å². The maximum Gasteiger partial charge on any atom is 0.259 e. The van der Waals surface area contributed by atoms with Gasteiger partial charge in [-0.25, -0.2) is 0 Å². The van der Waals surface area contributed by atoms with Gasteiger partial charge < -0.3 is 15.4 Å². The van der Waals surface area contributed by atoms with Crippen LogP contribution >= 0.6 is 0 Å². The van der Waals surface area contributed by atoms with Gasteiger partial charge >= 0.3 is 0 Å². The molecule has 0 radical (unpaired) electrons.